The van der Waals surface area contributed by atoms with Crippen molar-refractivity contribution in [2.24, 2.45) is 4.99 Å². The number of rotatable bonds is 8. The number of nitrogens with one attached hydrogen (secondary N) is 2. The van der Waals surface area contributed by atoms with E-state index in [2.05, 4.69) is 15.6 Å². The smallest absolute Gasteiger partial charge is 0.272 e. The van der Waals surface area contributed by atoms with Gasteiger partial charge < -0.3 is 19.8 Å². The van der Waals surface area contributed by atoms with E-state index < -0.39 is 13.0 Å². The first-order chi connectivity index (χ1) is 11.7. The fraction of sp³-hybridized carbons (Fsp3) is 0.353. The maximum atomic E-state index is 12.2. The van der Waals surface area contributed by atoms with Crippen molar-refractivity contribution in [1.82, 2.24) is 10.6 Å². The SMILES string of the molecule is CN=C(NCCc1ccco1)NCc1cccc(OCC(F)F)c1.I. The molecule has 2 rings (SSSR count). The molecule has 0 aliphatic heterocycles. The average molecular weight is 465 g/mol. The molecule has 0 atom stereocenters. The highest BCUT2D eigenvalue weighted by Gasteiger charge is 2.05. The predicted octanol–water partition coefficient (Wildman–Crippen LogP) is 3.45. The first-order valence-electron chi connectivity index (χ1n) is 7.64. The van der Waals surface area contributed by atoms with Gasteiger partial charge in [-0.3, -0.25) is 4.99 Å². The van der Waals surface area contributed by atoms with Crippen LogP contribution in [0.1, 0.15) is 11.3 Å². The van der Waals surface area contributed by atoms with Crippen molar-refractivity contribution in [3.05, 3.63) is 54.0 Å². The molecule has 1 aromatic carbocycles. The number of furan rings is 1. The lowest BCUT2D eigenvalue weighted by Crippen LogP contribution is -2.37. The van der Waals surface area contributed by atoms with Gasteiger partial charge in [-0.2, -0.15) is 0 Å². The van der Waals surface area contributed by atoms with Crippen LogP contribution in [0, 0.1) is 0 Å². The van der Waals surface area contributed by atoms with Gasteiger partial charge in [-0.05, 0) is 29.8 Å². The Morgan fingerprint density at radius 1 is 1.24 bits per heavy atom. The number of hydrogen-bond donors (Lipinski definition) is 2. The molecule has 2 aromatic rings. The highest BCUT2D eigenvalue weighted by atomic mass is 127. The summed E-state index contributed by atoms with van der Waals surface area (Å²) in [6.45, 7) is 0.587. The Labute approximate surface area is 162 Å². The van der Waals surface area contributed by atoms with E-state index >= 15 is 0 Å². The first kappa shape index (κ1) is 21.2. The molecule has 2 N–H and O–H groups in total. The molecule has 25 heavy (non-hydrogen) atoms. The zero-order valence-corrected chi connectivity index (χ0v) is 16.2. The molecule has 0 spiro atoms. The van der Waals surface area contributed by atoms with Gasteiger partial charge in [-0.25, -0.2) is 8.78 Å². The van der Waals surface area contributed by atoms with Crippen molar-refractivity contribution in [3.63, 3.8) is 0 Å². The maximum absolute atomic E-state index is 12.2. The summed E-state index contributed by atoms with van der Waals surface area (Å²) in [7, 11) is 1.68. The molecular weight excluding hydrogens is 443 g/mol. The van der Waals surface area contributed by atoms with Gasteiger partial charge in [0, 0.05) is 26.6 Å². The normalized spacial score (nSPS) is 11.1. The van der Waals surface area contributed by atoms with E-state index in [1.807, 2.05) is 18.2 Å². The number of guanidine groups is 1. The molecule has 0 aliphatic carbocycles. The molecule has 0 saturated heterocycles. The van der Waals surface area contributed by atoms with Gasteiger partial charge in [-0.15, -0.1) is 24.0 Å². The van der Waals surface area contributed by atoms with Gasteiger partial charge in [-0.1, -0.05) is 12.1 Å². The molecule has 0 radical (unpaired) electrons. The van der Waals surface area contributed by atoms with Gasteiger partial charge in [0.1, 0.15) is 18.1 Å². The van der Waals surface area contributed by atoms with Gasteiger partial charge in [0.05, 0.1) is 6.26 Å². The summed E-state index contributed by atoms with van der Waals surface area (Å²) in [6.07, 6.45) is -0.0835. The summed E-state index contributed by atoms with van der Waals surface area (Å²) in [6, 6.07) is 10.8. The van der Waals surface area contributed by atoms with Gasteiger partial charge in [0.15, 0.2) is 5.96 Å². The zero-order valence-electron chi connectivity index (χ0n) is 13.9. The van der Waals surface area contributed by atoms with Crippen LogP contribution >= 0.6 is 24.0 Å². The van der Waals surface area contributed by atoms with Crippen molar-refractivity contribution in [2.75, 3.05) is 20.2 Å². The lowest BCUT2D eigenvalue weighted by molar-refractivity contribution is 0.0818. The van der Waals surface area contributed by atoms with Crippen LogP contribution in [-0.2, 0) is 13.0 Å². The monoisotopic (exact) mass is 465 g/mol. The zero-order chi connectivity index (χ0) is 17.2. The van der Waals surface area contributed by atoms with Crippen molar-refractivity contribution >= 4 is 29.9 Å². The Morgan fingerprint density at radius 3 is 2.76 bits per heavy atom. The fourth-order valence-corrected chi connectivity index (χ4v) is 2.07. The lowest BCUT2D eigenvalue weighted by Gasteiger charge is -2.12. The van der Waals surface area contributed by atoms with Crippen molar-refractivity contribution in [2.45, 2.75) is 19.4 Å². The molecule has 138 valence electrons. The molecule has 0 amide bonds. The minimum atomic E-state index is -2.48. The van der Waals surface area contributed by atoms with Crippen LogP contribution in [0.25, 0.3) is 0 Å². The molecule has 0 aliphatic rings. The number of halogens is 3. The first-order valence-corrected chi connectivity index (χ1v) is 7.64. The quantitative estimate of drug-likeness (QED) is 0.357. The van der Waals surface area contributed by atoms with Crippen molar-refractivity contribution in [3.8, 4) is 5.75 Å². The molecule has 1 heterocycles. The summed E-state index contributed by atoms with van der Waals surface area (Å²) >= 11 is 0. The molecule has 0 bridgehead atoms. The summed E-state index contributed by atoms with van der Waals surface area (Å²) in [5.41, 5.74) is 0.913. The summed E-state index contributed by atoms with van der Waals surface area (Å²) < 4.78 is 34.6. The maximum Gasteiger partial charge on any atom is 0.272 e. The van der Waals surface area contributed by atoms with E-state index in [0.29, 0.717) is 24.8 Å². The third-order valence-corrected chi connectivity index (χ3v) is 3.20. The van der Waals surface area contributed by atoms with Crippen molar-refractivity contribution < 1.29 is 17.9 Å². The van der Waals surface area contributed by atoms with Gasteiger partial charge in [0.2, 0.25) is 0 Å². The van der Waals surface area contributed by atoms with Crippen LogP contribution in [0.4, 0.5) is 8.78 Å². The minimum Gasteiger partial charge on any atom is -0.488 e. The molecular formula is C17H22F2IN3O2. The Hall–Kier alpha value is -1.84. The van der Waals surface area contributed by atoms with Crippen LogP contribution in [0.3, 0.4) is 0 Å². The highest BCUT2D eigenvalue weighted by molar-refractivity contribution is 14.0. The second-order valence-electron chi connectivity index (χ2n) is 5.03. The van der Waals surface area contributed by atoms with Gasteiger partial charge >= 0.3 is 0 Å². The van der Waals surface area contributed by atoms with Crippen LogP contribution < -0.4 is 15.4 Å². The molecule has 8 heteroatoms. The predicted molar refractivity (Wildman–Crippen MR) is 104 cm³/mol. The Morgan fingerprint density at radius 2 is 2.08 bits per heavy atom. The van der Waals surface area contributed by atoms with E-state index in [0.717, 1.165) is 17.7 Å². The standard InChI is InChI=1S/C17H21F2N3O2.HI/c1-20-17(21-8-7-14-6-3-9-23-14)22-11-13-4-2-5-15(10-13)24-12-16(18)19;/h2-6,9-10,16H,7-8,11-12H2,1H3,(H2,20,21,22);1H. The molecule has 0 unspecified atom stereocenters. The summed E-state index contributed by atoms with van der Waals surface area (Å²) in [4.78, 5) is 4.14. The van der Waals surface area contributed by atoms with E-state index in [-0.39, 0.29) is 24.0 Å². The molecule has 5 nitrogen and oxygen atoms in total. The summed E-state index contributed by atoms with van der Waals surface area (Å²) in [5.74, 6) is 1.98. The number of hydrogen-bond acceptors (Lipinski definition) is 3. The van der Waals surface area contributed by atoms with Crippen molar-refractivity contribution in [1.29, 1.82) is 0 Å². The largest absolute Gasteiger partial charge is 0.488 e. The second kappa shape index (κ2) is 11.7. The number of benzene rings is 1. The minimum absolute atomic E-state index is 0. The second-order valence-corrected chi connectivity index (χ2v) is 5.03. The Bertz CT molecular complexity index is 637. The third kappa shape index (κ3) is 8.19. The average Bonchev–Trinajstić information content (AvgIpc) is 3.10. The van der Waals surface area contributed by atoms with Gasteiger partial charge in [0.25, 0.3) is 6.43 Å². The number of nitrogens with zero attached hydrogens (tertiary/aromatic N) is 1. The topological polar surface area (TPSA) is 58.8 Å². The van der Waals surface area contributed by atoms with Crippen LogP contribution in [0.5, 0.6) is 5.75 Å². The molecule has 0 fully saturated rings. The number of ether oxygens (including phenoxy) is 1. The third-order valence-electron chi connectivity index (χ3n) is 3.20. The number of aliphatic imine (C=N–C) groups is 1. The van der Waals surface area contributed by atoms with Crippen LogP contribution in [0.2, 0.25) is 0 Å². The van der Waals surface area contributed by atoms with Crippen LogP contribution in [-0.4, -0.2) is 32.6 Å². The summed E-state index contributed by atoms with van der Waals surface area (Å²) in [5, 5.41) is 6.34. The number of alkyl halides is 2. The van der Waals surface area contributed by atoms with E-state index in [4.69, 9.17) is 9.15 Å². The highest BCUT2D eigenvalue weighted by Crippen LogP contribution is 2.14. The van der Waals surface area contributed by atoms with E-state index in [9.17, 15) is 8.78 Å². The molecule has 1 aromatic heterocycles. The Kier molecular flexibility index (Phi) is 9.90. The van der Waals surface area contributed by atoms with E-state index in [1.165, 1.54) is 0 Å². The molecule has 0 saturated carbocycles. The lowest BCUT2D eigenvalue weighted by atomic mass is 10.2. The van der Waals surface area contributed by atoms with E-state index in [1.54, 1.807) is 31.5 Å². The van der Waals surface area contributed by atoms with Crippen LogP contribution in [0.15, 0.2) is 52.1 Å². The fourth-order valence-electron chi connectivity index (χ4n) is 2.07. The Balaban J connectivity index is 0.00000312.